The Labute approximate surface area is 247 Å². The molecular weight excluding hydrogens is 533 g/mol. The lowest BCUT2D eigenvalue weighted by Crippen LogP contribution is -2.31. The minimum atomic E-state index is -0.275. The van der Waals surface area contributed by atoms with Crippen molar-refractivity contribution in [3.05, 3.63) is 150 Å². The van der Waals surface area contributed by atoms with Crippen molar-refractivity contribution in [3.8, 4) is 0 Å². The molecule has 200 valence electrons. The van der Waals surface area contributed by atoms with Crippen LogP contribution in [0, 0.1) is 5.92 Å². The average Bonchev–Trinajstić information content (AvgIpc) is 3.58. The lowest BCUT2D eigenvalue weighted by molar-refractivity contribution is 0.505. The largest absolute Gasteiger partial charge is 0.346 e. The van der Waals surface area contributed by atoms with Crippen LogP contribution in [-0.4, -0.2) is 19.8 Å². The average molecular weight is 559 g/mol. The highest BCUT2D eigenvalue weighted by atomic mass is 32.2. The molecule has 0 saturated carbocycles. The lowest BCUT2D eigenvalue weighted by Gasteiger charge is -2.29. The van der Waals surface area contributed by atoms with Crippen LogP contribution in [0.3, 0.4) is 0 Å². The number of allylic oxidation sites excluding steroid dienone is 3. The number of hydrogen-bond donors (Lipinski definition) is 1. The molecule has 2 aliphatic heterocycles. The van der Waals surface area contributed by atoms with E-state index in [1.54, 1.807) is 0 Å². The fourth-order valence-corrected chi connectivity index (χ4v) is 8.03. The third kappa shape index (κ3) is 3.63. The molecule has 1 saturated heterocycles. The fourth-order valence-electron chi connectivity index (χ4n) is 6.73. The third-order valence-corrected chi connectivity index (χ3v) is 9.94. The molecule has 0 radical (unpaired) electrons. The van der Waals surface area contributed by atoms with Gasteiger partial charge in [-0.15, -0.1) is 0 Å². The number of para-hydroxylation sites is 1. The Kier molecular flexibility index (Phi) is 5.29. The second-order valence-corrected chi connectivity index (χ2v) is 12.2. The first-order valence-corrected chi connectivity index (χ1v) is 15.2. The van der Waals surface area contributed by atoms with Crippen LogP contribution in [0.5, 0.6) is 0 Å². The van der Waals surface area contributed by atoms with Crippen LogP contribution in [0.4, 0.5) is 0 Å². The van der Waals surface area contributed by atoms with Crippen LogP contribution in [0.1, 0.15) is 17.4 Å². The molecule has 1 N–H and O–H groups in total. The quantitative estimate of drug-likeness (QED) is 0.237. The number of aromatic nitrogens is 2. The van der Waals surface area contributed by atoms with E-state index in [2.05, 4.69) is 136 Å². The molecule has 3 atom stereocenters. The van der Waals surface area contributed by atoms with Crippen LogP contribution in [-0.2, 0) is 0 Å². The maximum atomic E-state index is 5.46. The number of nitrogens with zero attached hydrogens (tertiary/aromatic N) is 3. The first kappa shape index (κ1) is 23.8. The van der Waals surface area contributed by atoms with Crippen molar-refractivity contribution >= 4 is 60.7 Å². The number of pyridine rings is 1. The molecule has 2 aromatic heterocycles. The lowest BCUT2D eigenvalue weighted by atomic mass is 9.85. The zero-order chi connectivity index (χ0) is 27.6. The van der Waals surface area contributed by atoms with E-state index in [-0.39, 0.29) is 12.2 Å². The van der Waals surface area contributed by atoms with Crippen molar-refractivity contribution in [2.45, 2.75) is 11.5 Å². The number of aliphatic imine (C=N–C) groups is 1. The number of fused-ring (bicyclic) bond motifs is 7. The predicted molar refractivity (Wildman–Crippen MR) is 176 cm³/mol. The minimum absolute atomic E-state index is 0.229. The second-order valence-electron chi connectivity index (χ2n) is 11.0. The number of thioether (sulfide) groups is 1. The van der Waals surface area contributed by atoms with Gasteiger partial charge in [0.2, 0.25) is 6.29 Å². The summed E-state index contributed by atoms with van der Waals surface area (Å²) in [6.07, 6.45) is 10.5. The Morgan fingerprint density at radius 2 is 1.48 bits per heavy atom. The van der Waals surface area contributed by atoms with Crippen LogP contribution >= 0.6 is 11.8 Å². The summed E-state index contributed by atoms with van der Waals surface area (Å²) in [5, 5.41) is 10.4. The van der Waals surface area contributed by atoms with E-state index in [0.29, 0.717) is 5.25 Å². The summed E-state index contributed by atoms with van der Waals surface area (Å²) in [5.74, 6) is 0.229. The van der Waals surface area contributed by atoms with Crippen LogP contribution in [0.25, 0.3) is 43.8 Å². The summed E-state index contributed by atoms with van der Waals surface area (Å²) >= 11 is 1.88. The highest BCUT2D eigenvalue weighted by molar-refractivity contribution is 8.15. The van der Waals surface area contributed by atoms with E-state index < -0.39 is 0 Å². The molecule has 1 fully saturated rings. The highest BCUT2D eigenvalue weighted by Crippen LogP contribution is 2.49. The normalized spacial score (nSPS) is 21.3. The molecule has 9 rings (SSSR count). The molecule has 0 spiro atoms. The van der Waals surface area contributed by atoms with Gasteiger partial charge in [0, 0.05) is 39.9 Å². The molecule has 4 heterocycles. The molecule has 0 amide bonds. The number of rotatable bonds is 3. The Balaban J connectivity index is 1.25. The molecule has 42 heavy (non-hydrogen) atoms. The zero-order valence-electron chi connectivity index (χ0n) is 22.7. The van der Waals surface area contributed by atoms with Gasteiger partial charge >= 0.3 is 0 Å². The fraction of sp³-hybridized carbons (Fsp3) is 0.0811. The standard InChI is InChI=1S/C37H26N4S/c1-2-8-24(9-3-1)35-34-30-21-27(23-16-18-38-19-17-23)14-15-33(30)42-36(34)40-37(39-35)41-31-13-7-6-12-28(31)29-20-25-10-4-5-11-26(25)22-32(29)41/h1-22,30,33,37,39H. The Morgan fingerprint density at radius 1 is 0.714 bits per heavy atom. The van der Waals surface area contributed by atoms with Crippen molar-refractivity contribution in [1.29, 1.82) is 0 Å². The number of hydrogen-bond acceptors (Lipinski definition) is 4. The molecular formula is C37H26N4S. The number of nitrogens with one attached hydrogen (secondary N) is 1. The summed E-state index contributed by atoms with van der Waals surface area (Å²) in [6.45, 7) is 0. The molecule has 0 bridgehead atoms. The van der Waals surface area contributed by atoms with Gasteiger partial charge in [-0.3, -0.25) is 4.98 Å². The Bertz CT molecular complexity index is 2150. The maximum Gasteiger partial charge on any atom is 0.202 e. The molecule has 1 aliphatic carbocycles. The molecule has 5 heteroatoms. The predicted octanol–water partition coefficient (Wildman–Crippen LogP) is 8.60. The summed E-state index contributed by atoms with van der Waals surface area (Å²) < 4.78 is 2.39. The van der Waals surface area contributed by atoms with Crippen LogP contribution in [0.15, 0.2) is 144 Å². The summed E-state index contributed by atoms with van der Waals surface area (Å²) in [7, 11) is 0. The first-order chi connectivity index (χ1) is 20.8. The van der Waals surface area contributed by atoms with E-state index in [1.165, 1.54) is 54.9 Å². The van der Waals surface area contributed by atoms with Crippen molar-refractivity contribution in [2.24, 2.45) is 10.9 Å². The van der Waals surface area contributed by atoms with Crippen molar-refractivity contribution in [2.75, 3.05) is 0 Å². The van der Waals surface area contributed by atoms with E-state index in [1.807, 2.05) is 24.2 Å². The Hall–Kier alpha value is -4.87. The van der Waals surface area contributed by atoms with Gasteiger partial charge in [0.25, 0.3) is 0 Å². The minimum Gasteiger partial charge on any atom is -0.346 e. The van der Waals surface area contributed by atoms with Gasteiger partial charge in [0.05, 0.1) is 16.7 Å². The second kappa shape index (κ2) is 9.33. The van der Waals surface area contributed by atoms with Crippen LogP contribution in [0.2, 0.25) is 0 Å². The van der Waals surface area contributed by atoms with E-state index in [0.717, 1.165) is 10.7 Å². The van der Waals surface area contributed by atoms with Gasteiger partial charge in [0.1, 0.15) is 5.04 Å². The molecule has 3 unspecified atom stereocenters. The molecule has 4 nitrogen and oxygen atoms in total. The number of benzene rings is 4. The van der Waals surface area contributed by atoms with Crippen molar-refractivity contribution in [1.82, 2.24) is 14.9 Å². The molecule has 6 aromatic rings. The van der Waals surface area contributed by atoms with Gasteiger partial charge in [-0.2, -0.15) is 0 Å². The first-order valence-electron chi connectivity index (χ1n) is 14.3. The third-order valence-electron chi connectivity index (χ3n) is 8.67. The highest BCUT2D eigenvalue weighted by Gasteiger charge is 2.41. The van der Waals surface area contributed by atoms with Crippen LogP contribution < -0.4 is 5.32 Å². The monoisotopic (exact) mass is 558 g/mol. The summed E-state index contributed by atoms with van der Waals surface area (Å²) in [6, 6.07) is 36.9. The summed E-state index contributed by atoms with van der Waals surface area (Å²) in [5.41, 5.74) is 8.43. The Morgan fingerprint density at radius 3 is 2.33 bits per heavy atom. The van der Waals surface area contributed by atoms with E-state index in [4.69, 9.17) is 4.99 Å². The smallest absolute Gasteiger partial charge is 0.202 e. The molecule has 3 aliphatic rings. The van der Waals surface area contributed by atoms with Gasteiger partial charge in [-0.1, -0.05) is 103 Å². The van der Waals surface area contributed by atoms with Gasteiger partial charge in [-0.05, 0) is 57.8 Å². The van der Waals surface area contributed by atoms with Crippen molar-refractivity contribution in [3.63, 3.8) is 0 Å². The summed E-state index contributed by atoms with van der Waals surface area (Å²) in [4.78, 5) is 9.69. The van der Waals surface area contributed by atoms with Gasteiger partial charge in [0.15, 0.2) is 0 Å². The maximum absolute atomic E-state index is 5.46. The topological polar surface area (TPSA) is 42.2 Å². The van der Waals surface area contributed by atoms with Crippen molar-refractivity contribution < 1.29 is 0 Å². The van der Waals surface area contributed by atoms with E-state index >= 15 is 0 Å². The van der Waals surface area contributed by atoms with E-state index in [9.17, 15) is 0 Å². The SMILES string of the molecule is C1=CC2SC3=NC(n4c5ccccc5c5cc6ccccc6cc54)NC(c4ccccc4)=C3C2C=C1c1ccncc1. The van der Waals surface area contributed by atoms with Gasteiger partial charge in [-0.25, -0.2) is 4.99 Å². The van der Waals surface area contributed by atoms with Gasteiger partial charge < -0.3 is 9.88 Å². The zero-order valence-corrected chi connectivity index (χ0v) is 23.5. The molecule has 4 aromatic carbocycles.